The van der Waals surface area contributed by atoms with Crippen LogP contribution in [0.4, 0.5) is 0 Å². The number of hydrogen-bond acceptors (Lipinski definition) is 2. The molecule has 1 N–H and O–H groups in total. The van der Waals surface area contributed by atoms with Crippen molar-refractivity contribution in [3.05, 3.63) is 0 Å². The Bertz CT molecular complexity index is 369. The first-order valence-electron chi connectivity index (χ1n) is 7.13. The van der Waals surface area contributed by atoms with Crippen LogP contribution in [-0.4, -0.2) is 34.3 Å². The minimum atomic E-state index is -0.705. The molecule has 0 radical (unpaired) electrons. The Morgan fingerprint density at radius 3 is 2.39 bits per heavy atom. The molecule has 0 spiro atoms. The minimum absolute atomic E-state index is 0.0169. The molecule has 0 aromatic carbocycles. The van der Waals surface area contributed by atoms with Gasteiger partial charge in [0.05, 0.1) is 0 Å². The summed E-state index contributed by atoms with van der Waals surface area (Å²) < 4.78 is 0. The highest BCUT2D eigenvalue weighted by atomic mass is 16.2. The highest BCUT2D eigenvalue weighted by molar-refractivity contribution is 5.99. The Balaban J connectivity index is 2.26. The molecule has 1 saturated heterocycles. The molecule has 2 aliphatic rings. The van der Waals surface area contributed by atoms with E-state index in [0.29, 0.717) is 24.8 Å². The summed E-state index contributed by atoms with van der Waals surface area (Å²) in [4.78, 5) is 26.7. The van der Waals surface area contributed by atoms with E-state index in [2.05, 4.69) is 12.2 Å². The third-order valence-electron chi connectivity index (χ3n) is 4.60. The molecular weight excluding hydrogens is 228 g/mol. The lowest BCUT2D eigenvalue weighted by Gasteiger charge is -2.44. The first-order chi connectivity index (χ1) is 8.48. The van der Waals surface area contributed by atoms with Crippen LogP contribution in [0.25, 0.3) is 0 Å². The monoisotopic (exact) mass is 252 g/mol. The predicted octanol–water partition coefficient (Wildman–Crippen LogP) is 1.69. The average molecular weight is 252 g/mol. The molecule has 2 amide bonds. The van der Waals surface area contributed by atoms with Gasteiger partial charge < -0.3 is 10.2 Å². The topological polar surface area (TPSA) is 49.4 Å². The van der Waals surface area contributed by atoms with Crippen molar-refractivity contribution in [2.75, 3.05) is 0 Å². The number of amides is 2. The van der Waals surface area contributed by atoms with Crippen LogP contribution in [0.5, 0.6) is 0 Å². The second-order valence-electron chi connectivity index (χ2n) is 5.78. The highest BCUT2D eigenvalue weighted by Gasteiger charge is 2.54. The van der Waals surface area contributed by atoms with Gasteiger partial charge >= 0.3 is 0 Å². The van der Waals surface area contributed by atoms with Gasteiger partial charge in [0.25, 0.3) is 0 Å². The fourth-order valence-corrected chi connectivity index (χ4v) is 2.98. The van der Waals surface area contributed by atoms with Crippen molar-refractivity contribution in [2.24, 2.45) is 5.92 Å². The summed E-state index contributed by atoms with van der Waals surface area (Å²) in [7, 11) is 0. The fraction of sp³-hybridized carbons (Fsp3) is 0.857. The second-order valence-corrected chi connectivity index (χ2v) is 5.78. The SMILES string of the molecule is CCC1CC1N1C(=O)C(C)(CC)NC(=O)C1CC. The Hall–Kier alpha value is -1.06. The number of nitrogens with one attached hydrogen (secondary N) is 1. The van der Waals surface area contributed by atoms with Gasteiger partial charge in [0.2, 0.25) is 11.8 Å². The van der Waals surface area contributed by atoms with Gasteiger partial charge in [0.15, 0.2) is 0 Å². The van der Waals surface area contributed by atoms with Gasteiger partial charge in [-0.1, -0.05) is 27.2 Å². The Labute approximate surface area is 109 Å². The maximum absolute atomic E-state index is 12.6. The standard InChI is InChI=1S/C14H24N2O2/c1-5-9-8-11(9)16-10(6-2)12(17)15-14(4,7-3)13(16)18/h9-11H,5-8H2,1-4H3,(H,15,17). The first-order valence-corrected chi connectivity index (χ1v) is 7.13. The second kappa shape index (κ2) is 4.56. The zero-order valence-electron chi connectivity index (χ0n) is 11.8. The lowest BCUT2D eigenvalue weighted by Crippen LogP contribution is -2.69. The van der Waals surface area contributed by atoms with E-state index in [0.717, 1.165) is 12.8 Å². The molecule has 4 nitrogen and oxygen atoms in total. The van der Waals surface area contributed by atoms with E-state index in [-0.39, 0.29) is 17.9 Å². The van der Waals surface area contributed by atoms with Gasteiger partial charge in [0, 0.05) is 6.04 Å². The van der Waals surface area contributed by atoms with Crippen LogP contribution in [0.3, 0.4) is 0 Å². The molecule has 1 aliphatic carbocycles. The number of rotatable bonds is 4. The molecule has 1 saturated carbocycles. The van der Waals surface area contributed by atoms with E-state index in [1.54, 1.807) is 0 Å². The lowest BCUT2D eigenvalue weighted by atomic mass is 9.91. The largest absolute Gasteiger partial charge is 0.340 e. The maximum atomic E-state index is 12.6. The van der Waals surface area contributed by atoms with E-state index in [9.17, 15) is 9.59 Å². The van der Waals surface area contributed by atoms with Crippen molar-refractivity contribution >= 4 is 11.8 Å². The molecule has 0 bridgehead atoms. The van der Waals surface area contributed by atoms with E-state index < -0.39 is 5.54 Å². The van der Waals surface area contributed by atoms with Crippen LogP contribution in [0.1, 0.15) is 53.4 Å². The van der Waals surface area contributed by atoms with E-state index in [1.165, 1.54) is 0 Å². The van der Waals surface area contributed by atoms with Crippen LogP contribution < -0.4 is 5.32 Å². The molecule has 1 heterocycles. The van der Waals surface area contributed by atoms with E-state index in [4.69, 9.17) is 0 Å². The zero-order chi connectivity index (χ0) is 13.5. The van der Waals surface area contributed by atoms with Crippen LogP contribution in [0, 0.1) is 5.92 Å². The molecule has 2 fully saturated rings. The quantitative estimate of drug-likeness (QED) is 0.827. The van der Waals surface area contributed by atoms with Crippen molar-refractivity contribution < 1.29 is 9.59 Å². The summed E-state index contributed by atoms with van der Waals surface area (Å²) >= 11 is 0. The van der Waals surface area contributed by atoms with Crippen molar-refractivity contribution in [1.29, 1.82) is 0 Å². The molecule has 0 aromatic heterocycles. The zero-order valence-corrected chi connectivity index (χ0v) is 11.8. The summed E-state index contributed by atoms with van der Waals surface area (Å²) in [6, 6.07) is 0.0306. The minimum Gasteiger partial charge on any atom is -0.340 e. The van der Waals surface area contributed by atoms with Crippen molar-refractivity contribution in [1.82, 2.24) is 10.2 Å². The Morgan fingerprint density at radius 1 is 1.28 bits per heavy atom. The van der Waals surface area contributed by atoms with Crippen LogP contribution in [0.15, 0.2) is 0 Å². The Kier molecular flexibility index (Phi) is 3.39. The molecule has 4 unspecified atom stereocenters. The van der Waals surface area contributed by atoms with Crippen LogP contribution in [0.2, 0.25) is 0 Å². The maximum Gasteiger partial charge on any atom is 0.248 e. The van der Waals surface area contributed by atoms with Gasteiger partial charge in [-0.05, 0) is 32.1 Å². The molecule has 4 heteroatoms. The van der Waals surface area contributed by atoms with Gasteiger partial charge in [-0.25, -0.2) is 0 Å². The summed E-state index contributed by atoms with van der Waals surface area (Å²) in [6.45, 7) is 7.92. The summed E-state index contributed by atoms with van der Waals surface area (Å²) in [6.07, 6.45) is 3.50. The first kappa shape index (κ1) is 13.4. The van der Waals surface area contributed by atoms with Crippen molar-refractivity contribution in [3.63, 3.8) is 0 Å². The average Bonchev–Trinajstić information content (AvgIpc) is 3.12. The molecule has 4 atom stereocenters. The predicted molar refractivity (Wildman–Crippen MR) is 69.9 cm³/mol. The molecule has 18 heavy (non-hydrogen) atoms. The third kappa shape index (κ3) is 1.91. The van der Waals surface area contributed by atoms with Gasteiger partial charge in [-0.2, -0.15) is 0 Å². The van der Waals surface area contributed by atoms with E-state index in [1.807, 2.05) is 25.7 Å². The lowest BCUT2D eigenvalue weighted by molar-refractivity contribution is -0.155. The van der Waals surface area contributed by atoms with E-state index >= 15 is 0 Å². The Morgan fingerprint density at radius 2 is 1.94 bits per heavy atom. The van der Waals surface area contributed by atoms with Crippen LogP contribution >= 0.6 is 0 Å². The number of carbonyl (C=O) groups excluding carboxylic acids is 2. The number of nitrogens with zero attached hydrogens (tertiary/aromatic N) is 1. The smallest absolute Gasteiger partial charge is 0.248 e. The number of piperazine rings is 1. The normalized spacial score (nSPS) is 39.8. The summed E-state index contributed by atoms with van der Waals surface area (Å²) in [5.74, 6) is 0.718. The van der Waals surface area contributed by atoms with Gasteiger partial charge in [-0.3, -0.25) is 9.59 Å². The van der Waals surface area contributed by atoms with Crippen LogP contribution in [-0.2, 0) is 9.59 Å². The molecule has 2 rings (SSSR count). The third-order valence-corrected chi connectivity index (χ3v) is 4.60. The fourth-order valence-electron chi connectivity index (χ4n) is 2.98. The molecular formula is C14H24N2O2. The van der Waals surface area contributed by atoms with Crippen molar-refractivity contribution in [2.45, 2.75) is 71.0 Å². The molecule has 0 aromatic rings. The molecule has 102 valence electrons. The summed E-state index contributed by atoms with van der Waals surface area (Å²) in [5, 5.41) is 2.91. The molecule has 1 aliphatic heterocycles. The summed E-state index contributed by atoms with van der Waals surface area (Å²) in [5.41, 5.74) is -0.705. The van der Waals surface area contributed by atoms with Gasteiger partial charge in [-0.15, -0.1) is 0 Å². The van der Waals surface area contributed by atoms with Crippen molar-refractivity contribution in [3.8, 4) is 0 Å². The highest BCUT2D eigenvalue weighted by Crippen LogP contribution is 2.42. The number of carbonyl (C=O) groups is 2. The number of hydrogen-bond donors (Lipinski definition) is 1. The van der Waals surface area contributed by atoms with Gasteiger partial charge in [0.1, 0.15) is 11.6 Å².